The van der Waals surface area contributed by atoms with Gasteiger partial charge in [0.05, 0.1) is 5.54 Å². The lowest BCUT2D eigenvalue weighted by molar-refractivity contribution is 0.269. The van der Waals surface area contributed by atoms with Gasteiger partial charge in [0.1, 0.15) is 0 Å². The number of halogens is 1. The summed E-state index contributed by atoms with van der Waals surface area (Å²) in [6.07, 6.45) is 6.86. The van der Waals surface area contributed by atoms with Crippen molar-refractivity contribution in [3.05, 3.63) is 35.7 Å². The molecule has 2 N–H and O–H groups in total. The van der Waals surface area contributed by atoms with Crippen LogP contribution in [0.5, 0.6) is 0 Å². The summed E-state index contributed by atoms with van der Waals surface area (Å²) in [5.74, 6) is 1.23. The van der Waals surface area contributed by atoms with Gasteiger partial charge in [-0.3, -0.25) is 4.90 Å². The molecule has 5 nitrogen and oxygen atoms in total. The Kier molecular flexibility index (Phi) is 5.46. The van der Waals surface area contributed by atoms with E-state index in [1.54, 1.807) is 0 Å². The summed E-state index contributed by atoms with van der Waals surface area (Å²) in [5, 5.41) is 4.14. The van der Waals surface area contributed by atoms with Gasteiger partial charge in [-0.2, -0.15) is 4.98 Å². The Labute approximate surface area is 155 Å². The van der Waals surface area contributed by atoms with Gasteiger partial charge < -0.3 is 10.3 Å². The molecule has 0 atom stereocenters. The van der Waals surface area contributed by atoms with E-state index in [0.29, 0.717) is 11.7 Å². The minimum atomic E-state index is -0.395. The fourth-order valence-corrected chi connectivity index (χ4v) is 3.70. The second-order valence-corrected chi connectivity index (χ2v) is 7.28. The van der Waals surface area contributed by atoms with E-state index in [1.165, 1.54) is 18.4 Å². The molecule has 2 fully saturated rings. The van der Waals surface area contributed by atoms with Crippen LogP contribution in [0.3, 0.4) is 0 Å². The standard InChI is InChI=1S/C19H26N4O.ClH/c1-2-23(16-9-10-16)13-14-5-7-15(8-6-14)17-21-18(22-24-17)19(20)11-3-4-12-19;/h5-8,16H,2-4,9-13,20H2,1H3;1H. The molecule has 1 heterocycles. The molecule has 136 valence electrons. The molecule has 2 saturated carbocycles. The molecule has 2 aliphatic carbocycles. The van der Waals surface area contributed by atoms with E-state index < -0.39 is 5.54 Å². The molecule has 1 aromatic heterocycles. The molecule has 25 heavy (non-hydrogen) atoms. The molecule has 0 saturated heterocycles. The quantitative estimate of drug-likeness (QED) is 0.844. The van der Waals surface area contributed by atoms with Gasteiger partial charge in [0, 0.05) is 18.2 Å². The lowest BCUT2D eigenvalue weighted by Gasteiger charge is -2.19. The van der Waals surface area contributed by atoms with E-state index in [-0.39, 0.29) is 12.4 Å². The summed E-state index contributed by atoms with van der Waals surface area (Å²) in [4.78, 5) is 7.11. The summed E-state index contributed by atoms with van der Waals surface area (Å²) in [6.45, 7) is 4.36. The number of nitrogens with zero attached hydrogens (tertiary/aromatic N) is 3. The highest BCUT2D eigenvalue weighted by Crippen LogP contribution is 2.35. The van der Waals surface area contributed by atoms with Crippen LogP contribution in [0.2, 0.25) is 0 Å². The molecule has 0 unspecified atom stereocenters. The SMILES string of the molecule is CCN(Cc1ccc(-c2nc(C3(N)CCCC3)no2)cc1)C1CC1.Cl. The third-order valence-electron chi connectivity index (χ3n) is 5.42. The largest absolute Gasteiger partial charge is 0.334 e. The van der Waals surface area contributed by atoms with Crippen molar-refractivity contribution >= 4 is 12.4 Å². The molecule has 4 rings (SSSR count). The van der Waals surface area contributed by atoms with Crippen molar-refractivity contribution in [1.82, 2.24) is 15.0 Å². The average Bonchev–Trinajstić information content (AvgIpc) is 3.14. The first-order valence-corrected chi connectivity index (χ1v) is 9.14. The van der Waals surface area contributed by atoms with Crippen LogP contribution in [-0.4, -0.2) is 27.6 Å². The number of hydrogen-bond acceptors (Lipinski definition) is 5. The summed E-state index contributed by atoms with van der Waals surface area (Å²) in [7, 11) is 0. The predicted octanol–water partition coefficient (Wildman–Crippen LogP) is 3.87. The molecule has 0 radical (unpaired) electrons. The normalized spacial score (nSPS) is 19.2. The molecule has 2 aliphatic rings. The van der Waals surface area contributed by atoms with Crippen LogP contribution >= 0.6 is 12.4 Å². The number of rotatable bonds is 6. The summed E-state index contributed by atoms with van der Waals surface area (Å²) in [5.41, 5.74) is 8.31. The first-order chi connectivity index (χ1) is 11.7. The third-order valence-corrected chi connectivity index (χ3v) is 5.42. The van der Waals surface area contributed by atoms with Gasteiger partial charge in [-0.25, -0.2) is 0 Å². The first kappa shape index (κ1) is 18.4. The lowest BCUT2D eigenvalue weighted by Crippen LogP contribution is -2.34. The number of hydrogen-bond donors (Lipinski definition) is 1. The monoisotopic (exact) mass is 362 g/mol. The molecule has 0 amide bonds. The predicted molar refractivity (Wildman–Crippen MR) is 100 cm³/mol. The van der Waals surface area contributed by atoms with Crippen molar-refractivity contribution in [2.45, 2.75) is 63.6 Å². The van der Waals surface area contributed by atoms with Crippen LogP contribution in [0, 0.1) is 0 Å². The highest BCUT2D eigenvalue weighted by molar-refractivity contribution is 5.85. The average molecular weight is 363 g/mol. The molecule has 6 heteroatoms. The zero-order chi connectivity index (χ0) is 16.6. The number of aromatic nitrogens is 2. The van der Waals surface area contributed by atoms with Crippen LogP contribution < -0.4 is 5.73 Å². The van der Waals surface area contributed by atoms with Gasteiger partial charge in [0.15, 0.2) is 5.82 Å². The molecule has 0 bridgehead atoms. The maximum Gasteiger partial charge on any atom is 0.257 e. The first-order valence-electron chi connectivity index (χ1n) is 9.14. The Hall–Kier alpha value is -1.43. The van der Waals surface area contributed by atoms with Gasteiger partial charge in [0.2, 0.25) is 0 Å². The summed E-state index contributed by atoms with van der Waals surface area (Å²) >= 11 is 0. The fourth-order valence-electron chi connectivity index (χ4n) is 3.70. The second kappa shape index (κ2) is 7.44. The van der Waals surface area contributed by atoms with Gasteiger partial charge in [-0.15, -0.1) is 12.4 Å². The summed E-state index contributed by atoms with van der Waals surface area (Å²) in [6, 6.07) is 9.27. The zero-order valence-corrected chi connectivity index (χ0v) is 15.6. The minimum absolute atomic E-state index is 0. The van der Waals surface area contributed by atoms with Gasteiger partial charge in [0.25, 0.3) is 5.89 Å². The Bertz CT molecular complexity index is 690. The molecule has 0 spiro atoms. The topological polar surface area (TPSA) is 68.2 Å². The van der Waals surface area contributed by atoms with Crippen molar-refractivity contribution in [2.75, 3.05) is 6.54 Å². The minimum Gasteiger partial charge on any atom is -0.334 e. The van der Waals surface area contributed by atoms with Crippen molar-refractivity contribution < 1.29 is 4.52 Å². The Balaban J connectivity index is 0.00000182. The Morgan fingerprint density at radius 3 is 2.48 bits per heavy atom. The highest BCUT2D eigenvalue weighted by Gasteiger charge is 2.36. The van der Waals surface area contributed by atoms with Gasteiger partial charge in [-0.1, -0.05) is 37.1 Å². The Morgan fingerprint density at radius 2 is 1.88 bits per heavy atom. The van der Waals surface area contributed by atoms with E-state index >= 15 is 0 Å². The second-order valence-electron chi connectivity index (χ2n) is 7.28. The van der Waals surface area contributed by atoms with Crippen LogP contribution in [0.4, 0.5) is 0 Å². The van der Waals surface area contributed by atoms with E-state index in [4.69, 9.17) is 10.3 Å². The van der Waals surface area contributed by atoms with Crippen molar-refractivity contribution in [3.8, 4) is 11.5 Å². The summed E-state index contributed by atoms with van der Waals surface area (Å²) < 4.78 is 5.47. The number of benzene rings is 1. The van der Waals surface area contributed by atoms with E-state index in [9.17, 15) is 0 Å². The zero-order valence-electron chi connectivity index (χ0n) is 14.8. The van der Waals surface area contributed by atoms with Crippen LogP contribution in [0.25, 0.3) is 11.5 Å². The van der Waals surface area contributed by atoms with E-state index in [2.05, 4.69) is 46.2 Å². The van der Waals surface area contributed by atoms with Crippen LogP contribution in [0.1, 0.15) is 56.8 Å². The Morgan fingerprint density at radius 1 is 1.20 bits per heavy atom. The maximum absolute atomic E-state index is 6.41. The maximum atomic E-state index is 6.41. The van der Waals surface area contributed by atoms with Crippen molar-refractivity contribution in [1.29, 1.82) is 0 Å². The van der Waals surface area contributed by atoms with Crippen LogP contribution in [-0.2, 0) is 12.1 Å². The lowest BCUT2D eigenvalue weighted by atomic mass is 9.98. The molecule has 0 aliphatic heterocycles. The smallest absolute Gasteiger partial charge is 0.257 e. The molecule has 1 aromatic carbocycles. The third kappa shape index (κ3) is 3.89. The fraction of sp³-hybridized carbons (Fsp3) is 0.579. The van der Waals surface area contributed by atoms with E-state index in [0.717, 1.165) is 50.4 Å². The highest BCUT2D eigenvalue weighted by atomic mass is 35.5. The van der Waals surface area contributed by atoms with E-state index in [1.807, 2.05) is 0 Å². The molecule has 2 aromatic rings. The van der Waals surface area contributed by atoms with Crippen LogP contribution in [0.15, 0.2) is 28.8 Å². The molecular weight excluding hydrogens is 336 g/mol. The van der Waals surface area contributed by atoms with Crippen molar-refractivity contribution in [3.63, 3.8) is 0 Å². The van der Waals surface area contributed by atoms with Gasteiger partial charge in [-0.05, 0) is 49.9 Å². The van der Waals surface area contributed by atoms with Crippen molar-refractivity contribution in [2.24, 2.45) is 5.73 Å². The van der Waals surface area contributed by atoms with Gasteiger partial charge >= 0.3 is 0 Å². The molecular formula is C19H27ClN4O. The number of nitrogens with two attached hydrogens (primary N) is 1.